The van der Waals surface area contributed by atoms with E-state index in [0.717, 1.165) is 11.1 Å². The molecule has 3 rings (SSSR count). The van der Waals surface area contributed by atoms with E-state index in [0.29, 0.717) is 13.0 Å². The van der Waals surface area contributed by atoms with Gasteiger partial charge in [0.2, 0.25) is 0 Å². The summed E-state index contributed by atoms with van der Waals surface area (Å²) in [4.78, 5) is 12.5. The molecule has 0 aliphatic carbocycles. The number of Topliss-reactive ketones (excluding diaryl/α,β-unsaturated/α-hetero) is 1. The maximum Gasteiger partial charge on any atom is 0.151 e. The van der Waals surface area contributed by atoms with Crippen LogP contribution in [-0.2, 0) is 15.1 Å². The molecular weight excluding hydrogens is 280 g/mol. The third kappa shape index (κ3) is 2.41. The Labute approximate surface area is 129 Å². The summed E-state index contributed by atoms with van der Waals surface area (Å²) < 4.78 is 6.27. The molecule has 2 aromatic carbocycles. The van der Waals surface area contributed by atoms with Crippen LogP contribution in [0, 0.1) is 0 Å². The molecule has 0 spiro atoms. The van der Waals surface area contributed by atoms with Crippen molar-refractivity contribution in [1.82, 2.24) is 0 Å². The van der Waals surface area contributed by atoms with Crippen LogP contribution in [0.2, 0.25) is 0 Å². The predicted molar refractivity (Wildman–Crippen MR) is 86.5 cm³/mol. The van der Waals surface area contributed by atoms with Crippen molar-refractivity contribution >= 4 is 17.5 Å². The molecule has 0 N–H and O–H groups in total. The van der Waals surface area contributed by atoms with Gasteiger partial charge in [0.25, 0.3) is 0 Å². The fourth-order valence-electron chi connectivity index (χ4n) is 3.05. The van der Waals surface area contributed by atoms with Gasteiger partial charge >= 0.3 is 0 Å². The molecule has 0 saturated carbocycles. The molecule has 1 fully saturated rings. The highest BCUT2D eigenvalue weighted by molar-refractivity contribution is 8.00. The number of hydrogen-bond acceptors (Lipinski definition) is 3. The Balaban J connectivity index is 2.22. The van der Waals surface area contributed by atoms with Crippen LogP contribution in [-0.4, -0.2) is 23.9 Å². The minimum atomic E-state index is -0.683. The van der Waals surface area contributed by atoms with E-state index in [1.165, 1.54) is 0 Å². The molecule has 2 aromatic rings. The average Bonchev–Trinajstić information content (AvgIpc) is 2.56. The number of ether oxygens (including phenoxy) is 1. The smallest absolute Gasteiger partial charge is 0.151 e. The largest absolute Gasteiger partial charge is 0.363 e. The number of hydrogen-bond donors (Lipinski definition) is 0. The highest BCUT2D eigenvalue weighted by atomic mass is 32.2. The standard InChI is InChI=1S/C18H18O2S/c1-21-17-16(19)12-13-20-18(17,14-8-4-2-5-9-14)15-10-6-3-7-11-15/h2-11,17H,12-13H2,1H3. The molecule has 21 heavy (non-hydrogen) atoms. The Kier molecular flexibility index (Phi) is 4.13. The van der Waals surface area contributed by atoms with Crippen molar-refractivity contribution < 1.29 is 9.53 Å². The quantitative estimate of drug-likeness (QED) is 0.865. The van der Waals surface area contributed by atoms with Crippen LogP contribution in [0.5, 0.6) is 0 Å². The number of thioether (sulfide) groups is 1. The van der Waals surface area contributed by atoms with Crippen molar-refractivity contribution in [2.45, 2.75) is 17.3 Å². The molecule has 0 aromatic heterocycles. The topological polar surface area (TPSA) is 26.3 Å². The third-order valence-corrected chi connectivity index (χ3v) is 5.05. The van der Waals surface area contributed by atoms with Crippen LogP contribution in [0.1, 0.15) is 17.5 Å². The van der Waals surface area contributed by atoms with Gasteiger partial charge in [-0.15, -0.1) is 0 Å². The Hall–Kier alpha value is -1.58. The third-order valence-electron chi connectivity index (χ3n) is 3.98. The fraction of sp³-hybridized carbons (Fsp3) is 0.278. The second-order valence-corrected chi connectivity index (χ2v) is 6.09. The van der Waals surface area contributed by atoms with Crippen molar-refractivity contribution in [3.63, 3.8) is 0 Å². The zero-order valence-electron chi connectivity index (χ0n) is 12.0. The highest BCUT2D eigenvalue weighted by Crippen LogP contribution is 2.44. The summed E-state index contributed by atoms with van der Waals surface area (Å²) in [6, 6.07) is 20.2. The van der Waals surface area contributed by atoms with Crippen molar-refractivity contribution in [2.75, 3.05) is 12.9 Å². The van der Waals surface area contributed by atoms with Crippen molar-refractivity contribution in [1.29, 1.82) is 0 Å². The van der Waals surface area contributed by atoms with E-state index in [1.54, 1.807) is 11.8 Å². The zero-order valence-corrected chi connectivity index (χ0v) is 12.8. The van der Waals surface area contributed by atoms with Gasteiger partial charge < -0.3 is 4.74 Å². The second kappa shape index (κ2) is 6.04. The molecule has 3 heteroatoms. The van der Waals surface area contributed by atoms with E-state index < -0.39 is 5.60 Å². The van der Waals surface area contributed by atoms with Gasteiger partial charge in [0, 0.05) is 6.42 Å². The first kappa shape index (κ1) is 14.4. The molecule has 2 nitrogen and oxygen atoms in total. The molecule has 1 aliphatic heterocycles. The predicted octanol–water partition coefficient (Wildman–Crippen LogP) is 3.65. The summed E-state index contributed by atoms with van der Waals surface area (Å²) in [6.07, 6.45) is 2.48. The molecule has 1 atom stereocenters. The first-order valence-corrected chi connectivity index (χ1v) is 8.38. The fourth-order valence-corrected chi connectivity index (χ4v) is 4.10. The van der Waals surface area contributed by atoms with Gasteiger partial charge in [-0.1, -0.05) is 60.7 Å². The Morgan fingerprint density at radius 3 is 2.00 bits per heavy atom. The summed E-state index contributed by atoms with van der Waals surface area (Å²) in [5.74, 6) is 0.265. The Morgan fingerprint density at radius 2 is 1.52 bits per heavy atom. The van der Waals surface area contributed by atoms with E-state index in [2.05, 4.69) is 24.3 Å². The lowest BCUT2D eigenvalue weighted by molar-refractivity contribution is -0.134. The van der Waals surface area contributed by atoms with Crippen LogP contribution in [0.15, 0.2) is 60.7 Å². The molecule has 1 heterocycles. The zero-order chi connectivity index (χ0) is 14.7. The number of carbonyl (C=O) groups is 1. The first-order chi connectivity index (χ1) is 10.3. The molecular formula is C18H18O2S. The van der Waals surface area contributed by atoms with Gasteiger partial charge in [-0.25, -0.2) is 0 Å². The van der Waals surface area contributed by atoms with Gasteiger partial charge in [0.15, 0.2) is 5.78 Å². The lowest BCUT2D eigenvalue weighted by Crippen LogP contribution is -2.49. The van der Waals surface area contributed by atoms with Gasteiger partial charge in [0.1, 0.15) is 10.9 Å². The summed E-state index contributed by atoms with van der Waals surface area (Å²) in [5, 5.41) is -0.212. The van der Waals surface area contributed by atoms with E-state index in [9.17, 15) is 4.79 Å². The average molecular weight is 298 g/mol. The van der Waals surface area contributed by atoms with Gasteiger partial charge in [-0.3, -0.25) is 4.79 Å². The number of ketones is 1. The van der Waals surface area contributed by atoms with Crippen LogP contribution in [0.4, 0.5) is 0 Å². The molecule has 0 radical (unpaired) electrons. The van der Waals surface area contributed by atoms with Crippen LogP contribution >= 0.6 is 11.8 Å². The molecule has 0 bridgehead atoms. The van der Waals surface area contributed by atoms with Crippen LogP contribution < -0.4 is 0 Å². The van der Waals surface area contributed by atoms with Crippen molar-refractivity contribution in [3.05, 3.63) is 71.8 Å². The summed E-state index contributed by atoms with van der Waals surface area (Å²) in [7, 11) is 0. The summed E-state index contributed by atoms with van der Waals surface area (Å²) >= 11 is 1.58. The first-order valence-electron chi connectivity index (χ1n) is 7.09. The molecule has 0 amide bonds. The minimum Gasteiger partial charge on any atom is -0.363 e. The van der Waals surface area contributed by atoms with Gasteiger partial charge in [-0.05, 0) is 17.4 Å². The maximum atomic E-state index is 12.5. The minimum absolute atomic E-state index is 0.212. The van der Waals surface area contributed by atoms with E-state index in [-0.39, 0.29) is 11.0 Å². The molecule has 108 valence electrons. The summed E-state index contributed by atoms with van der Waals surface area (Å²) in [5.41, 5.74) is 1.41. The number of benzene rings is 2. The Morgan fingerprint density at radius 1 is 1.00 bits per heavy atom. The highest BCUT2D eigenvalue weighted by Gasteiger charge is 2.48. The lowest BCUT2D eigenvalue weighted by atomic mass is 9.79. The van der Waals surface area contributed by atoms with Crippen LogP contribution in [0.25, 0.3) is 0 Å². The molecule has 1 unspecified atom stereocenters. The monoisotopic (exact) mass is 298 g/mol. The van der Waals surface area contributed by atoms with E-state index in [4.69, 9.17) is 4.74 Å². The van der Waals surface area contributed by atoms with Crippen molar-refractivity contribution in [2.24, 2.45) is 0 Å². The Bertz CT molecular complexity index is 570. The van der Waals surface area contributed by atoms with E-state index >= 15 is 0 Å². The summed E-state index contributed by atoms with van der Waals surface area (Å²) in [6.45, 7) is 0.472. The normalized spacial score (nSPS) is 21.2. The number of rotatable bonds is 3. The van der Waals surface area contributed by atoms with Gasteiger partial charge in [-0.2, -0.15) is 11.8 Å². The van der Waals surface area contributed by atoms with Crippen molar-refractivity contribution in [3.8, 4) is 0 Å². The molecule has 1 aliphatic rings. The van der Waals surface area contributed by atoms with E-state index in [1.807, 2.05) is 42.7 Å². The van der Waals surface area contributed by atoms with Gasteiger partial charge in [0.05, 0.1) is 6.61 Å². The SMILES string of the molecule is CSC1C(=O)CCOC1(c1ccccc1)c1ccccc1. The number of carbonyl (C=O) groups excluding carboxylic acids is 1. The molecule has 1 saturated heterocycles. The van der Waals surface area contributed by atoms with Crippen LogP contribution in [0.3, 0.4) is 0 Å². The lowest BCUT2D eigenvalue weighted by Gasteiger charge is -2.43. The maximum absolute atomic E-state index is 12.5. The second-order valence-electron chi connectivity index (χ2n) is 5.15.